The summed E-state index contributed by atoms with van der Waals surface area (Å²) in [6.07, 6.45) is 3.80. The van der Waals surface area contributed by atoms with E-state index in [0.29, 0.717) is 12.1 Å². The molecule has 1 heterocycles. The number of hydrogen-bond donors (Lipinski definition) is 1. The monoisotopic (exact) mass is 246 g/mol. The topological polar surface area (TPSA) is 29.3 Å². The molecule has 1 aromatic carbocycles. The van der Waals surface area contributed by atoms with E-state index in [0.717, 1.165) is 25.2 Å². The number of rotatable bonds is 2. The van der Waals surface area contributed by atoms with Gasteiger partial charge >= 0.3 is 0 Å². The summed E-state index contributed by atoms with van der Waals surface area (Å²) in [6, 6.07) is 5.02. The first kappa shape index (κ1) is 13.1. The second kappa shape index (κ2) is 6.53. The smallest absolute Gasteiger partial charge is 0.124 e. The molecule has 0 bridgehead atoms. The summed E-state index contributed by atoms with van der Waals surface area (Å²) in [5, 5.41) is 0. The van der Waals surface area contributed by atoms with Crippen molar-refractivity contribution in [1.82, 2.24) is 4.90 Å². The number of nitrogens with two attached hydrogens (primary N) is 1. The second-order valence-electron chi connectivity index (χ2n) is 4.69. The van der Waals surface area contributed by atoms with Crippen molar-refractivity contribution in [2.45, 2.75) is 25.8 Å². The van der Waals surface area contributed by atoms with Crippen LogP contribution in [0.5, 0.6) is 0 Å². The summed E-state index contributed by atoms with van der Waals surface area (Å²) >= 11 is 0. The van der Waals surface area contributed by atoms with Crippen molar-refractivity contribution in [2.24, 2.45) is 5.73 Å². The second-order valence-corrected chi connectivity index (χ2v) is 4.69. The van der Waals surface area contributed by atoms with Crippen LogP contribution in [-0.2, 0) is 6.54 Å². The Morgan fingerprint density at radius 1 is 1.17 bits per heavy atom. The molecule has 0 aliphatic carbocycles. The lowest BCUT2D eigenvalue weighted by Gasteiger charge is -2.26. The number of likely N-dealkylation sites (tertiary alicyclic amines) is 1. The van der Waals surface area contributed by atoms with Gasteiger partial charge < -0.3 is 5.73 Å². The molecule has 1 saturated heterocycles. The van der Waals surface area contributed by atoms with Crippen molar-refractivity contribution in [1.29, 1.82) is 0 Å². The molecule has 18 heavy (non-hydrogen) atoms. The normalized spacial score (nSPS) is 16.1. The molecule has 0 saturated carbocycles. The van der Waals surface area contributed by atoms with E-state index < -0.39 is 0 Å². The van der Waals surface area contributed by atoms with Crippen LogP contribution in [0.2, 0.25) is 0 Å². The van der Waals surface area contributed by atoms with Gasteiger partial charge in [0.1, 0.15) is 5.82 Å². The molecular weight excluding hydrogens is 227 g/mol. The molecule has 3 heteroatoms. The molecule has 1 aliphatic rings. The molecule has 1 fully saturated rings. The highest BCUT2D eigenvalue weighted by Gasteiger charge is 2.11. The zero-order chi connectivity index (χ0) is 12.8. The Hall–Kier alpha value is -1.37. The molecule has 1 aromatic rings. The maximum Gasteiger partial charge on any atom is 0.124 e. The Kier molecular flexibility index (Phi) is 4.74. The first-order valence-electron chi connectivity index (χ1n) is 6.49. The van der Waals surface area contributed by atoms with Gasteiger partial charge in [-0.3, -0.25) is 4.90 Å². The molecule has 0 aromatic heterocycles. The number of piperidine rings is 1. The van der Waals surface area contributed by atoms with Crippen LogP contribution in [0, 0.1) is 17.7 Å². The molecule has 0 unspecified atom stereocenters. The zero-order valence-electron chi connectivity index (χ0n) is 10.6. The lowest BCUT2D eigenvalue weighted by molar-refractivity contribution is 0.220. The van der Waals surface area contributed by atoms with Gasteiger partial charge in [0.2, 0.25) is 0 Å². The lowest BCUT2D eigenvalue weighted by Crippen LogP contribution is -2.29. The van der Waals surface area contributed by atoms with Crippen LogP contribution >= 0.6 is 0 Å². The number of nitrogens with zero attached hydrogens (tertiary/aromatic N) is 1. The van der Waals surface area contributed by atoms with Gasteiger partial charge in [0.15, 0.2) is 0 Å². The van der Waals surface area contributed by atoms with Crippen LogP contribution in [0.15, 0.2) is 18.2 Å². The molecule has 0 radical (unpaired) electrons. The third kappa shape index (κ3) is 3.83. The van der Waals surface area contributed by atoms with E-state index in [-0.39, 0.29) is 5.82 Å². The number of hydrogen-bond acceptors (Lipinski definition) is 2. The molecule has 0 atom stereocenters. The first-order valence-corrected chi connectivity index (χ1v) is 6.49. The molecule has 2 rings (SSSR count). The van der Waals surface area contributed by atoms with Crippen LogP contribution in [0.25, 0.3) is 0 Å². The van der Waals surface area contributed by atoms with Crippen LogP contribution in [0.4, 0.5) is 4.39 Å². The van der Waals surface area contributed by atoms with Gasteiger partial charge in [0, 0.05) is 12.1 Å². The highest BCUT2D eigenvalue weighted by Crippen LogP contribution is 2.15. The van der Waals surface area contributed by atoms with Gasteiger partial charge in [-0.25, -0.2) is 4.39 Å². The lowest BCUT2D eigenvalue weighted by atomic mass is 10.1. The first-order chi connectivity index (χ1) is 8.78. The third-order valence-electron chi connectivity index (χ3n) is 3.15. The Bertz CT molecular complexity index is 453. The SMILES string of the molecule is NCC#Cc1cc(F)cc(CN2CCCCC2)c1. The summed E-state index contributed by atoms with van der Waals surface area (Å²) in [5.74, 6) is 5.43. The Morgan fingerprint density at radius 3 is 2.67 bits per heavy atom. The van der Waals surface area contributed by atoms with E-state index in [1.165, 1.54) is 25.3 Å². The van der Waals surface area contributed by atoms with Gasteiger partial charge in [-0.1, -0.05) is 18.3 Å². The van der Waals surface area contributed by atoms with Gasteiger partial charge in [-0.15, -0.1) is 0 Å². The van der Waals surface area contributed by atoms with E-state index >= 15 is 0 Å². The minimum atomic E-state index is -0.217. The van der Waals surface area contributed by atoms with E-state index in [1.54, 1.807) is 6.07 Å². The molecule has 2 N–H and O–H groups in total. The summed E-state index contributed by atoms with van der Waals surface area (Å²) in [5.41, 5.74) is 7.04. The molecule has 96 valence electrons. The van der Waals surface area contributed by atoms with Gasteiger partial charge in [0.25, 0.3) is 0 Å². The predicted octanol–water partition coefficient (Wildman–Crippen LogP) is 2.12. The fourth-order valence-corrected chi connectivity index (χ4v) is 2.34. The third-order valence-corrected chi connectivity index (χ3v) is 3.15. The summed E-state index contributed by atoms with van der Waals surface area (Å²) < 4.78 is 13.5. The van der Waals surface area contributed by atoms with Crippen molar-refractivity contribution < 1.29 is 4.39 Å². The summed E-state index contributed by atoms with van der Waals surface area (Å²) in [7, 11) is 0. The van der Waals surface area contributed by atoms with E-state index in [9.17, 15) is 4.39 Å². The minimum absolute atomic E-state index is 0.217. The van der Waals surface area contributed by atoms with Crippen LogP contribution < -0.4 is 5.73 Å². The number of benzene rings is 1. The van der Waals surface area contributed by atoms with Crippen molar-refractivity contribution in [3.63, 3.8) is 0 Å². The largest absolute Gasteiger partial charge is 0.320 e. The van der Waals surface area contributed by atoms with E-state index in [2.05, 4.69) is 16.7 Å². The molecular formula is C15H19FN2. The van der Waals surface area contributed by atoms with Gasteiger partial charge in [-0.2, -0.15) is 0 Å². The standard InChI is InChI=1S/C15H19FN2/c16-15-10-13(5-4-6-17)9-14(11-15)12-18-7-2-1-3-8-18/h9-11H,1-3,6-8,12,17H2. The van der Waals surface area contributed by atoms with Gasteiger partial charge in [0.05, 0.1) is 6.54 Å². The van der Waals surface area contributed by atoms with Crippen LogP contribution in [-0.4, -0.2) is 24.5 Å². The Balaban J connectivity index is 2.09. The minimum Gasteiger partial charge on any atom is -0.320 e. The molecule has 0 spiro atoms. The van der Waals surface area contributed by atoms with Crippen molar-refractivity contribution in [2.75, 3.05) is 19.6 Å². The zero-order valence-corrected chi connectivity index (χ0v) is 10.6. The van der Waals surface area contributed by atoms with Crippen molar-refractivity contribution >= 4 is 0 Å². The van der Waals surface area contributed by atoms with Gasteiger partial charge in [-0.05, 0) is 49.7 Å². The van der Waals surface area contributed by atoms with Crippen LogP contribution in [0.3, 0.4) is 0 Å². The Labute approximate surface area is 108 Å². The summed E-state index contributed by atoms with van der Waals surface area (Å²) in [4.78, 5) is 2.37. The fourth-order valence-electron chi connectivity index (χ4n) is 2.34. The quantitative estimate of drug-likeness (QED) is 0.810. The summed E-state index contributed by atoms with van der Waals surface area (Å²) in [6.45, 7) is 3.34. The molecule has 1 aliphatic heterocycles. The van der Waals surface area contributed by atoms with Crippen molar-refractivity contribution in [3.8, 4) is 11.8 Å². The highest BCUT2D eigenvalue weighted by molar-refractivity contribution is 5.38. The van der Waals surface area contributed by atoms with E-state index in [4.69, 9.17) is 5.73 Å². The maximum atomic E-state index is 13.5. The average molecular weight is 246 g/mol. The van der Waals surface area contributed by atoms with E-state index in [1.807, 2.05) is 6.07 Å². The highest BCUT2D eigenvalue weighted by atomic mass is 19.1. The number of halogens is 1. The molecule has 2 nitrogen and oxygen atoms in total. The maximum absolute atomic E-state index is 13.5. The van der Waals surface area contributed by atoms with Crippen LogP contribution in [0.1, 0.15) is 30.4 Å². The fraction of sp³-hybridized carbons (Fsp3) is 0.467. The Morgan fingerprint density at radius 2 is 1.94 bits per heavy atom. The predicted molar refractivity (Wildman–Crippen MR) is 71.5 cm³/mol. The molecule has 0 amide bonds. The van der Waals surface area contributed by atoms with Crippen molar-refractivity contribution in [3.05, 3.63) is 35.1 Å². The average Bonchev–Trinajstić information content (AvgIpc) is 2.37.